The number of carbonyl (C=O) groups excluding carboxylic acids is 1. The van der Waals surface area contributed by atoms with E-state index in [1.165, 1.54) is 0 Å². The molecule has 0 bridgehead atoms. The zero-order valence-corrected chi connectivity index (χ0v) is 8.40. The minimum Gasteiger partial charge on any atom is -0.387 e. The van der Waals surface area contributed by atoms with E-state index in [9.17, 15) is 9.90 Å². The van der Waals surface area contributed by atoms with Crippen molar-refractivity contribution in [3.05, 3.63) is 35.9 Å². The molecule has 1 aromatic rings. The number of hydrogen-bond donors (Lipinski definition) is 2. The fourth-order valence-electron chi connectivity index (χ4n) is 1.19. The smallest absolute Gasteiger partial charge is 0.226 e. The van der Waals surface area contributed by atoms with Crippen LogP contribution in [0.3, 0.4) is 0 Å². The van der Waals surface area contributed by atoms with Gasteiger partial charge in [-0.05, 0) is 19.4 Å². The Morgan fingerprint density at radius 2 is 1.86 bits per heavy atom. The van der Waals surface area contributed by atoms with E-state index in [-0.39, 0.29) is 0 Å². The molecule has 3 heteroatoms. The second-order valence-corrected chi connectivity index (χ2v) is 3.90. The summed E-state index contributed by atoms with van der Waals surface area (Å²) >= 11 is 0. The van der Waals surface area contributed by atoms with E-state index in [2.05, 4.69) is 0 Å². The second kappa shape index (κ2) is 3.80. The first-order valence-corrected chi connectivity index (χ1v) is 4.49. The first-order chi connectivity index (χ1) is 6.46. The van der Waals surface area contributed by atoms with Crippen molar-refractivity contribution in [1.29, 1.82) is 0 Å². The molecule has 1 rings (SSSR count). The SMILES string of the molecule is CC(C)(C(N)=O)[C@@H](O)c1ccccc1. The molecule has 14 heavy (non-hydrogen) atoms. The van der Waals surface area contributed by atoms with Crippen molar-refractivity contribution in [3.8, 4) is 0 Å². The Morgan fingerprint density at radius 3 is 2.29 bits per heavy atom. The highest BCUT2D eigenvalue weighted by Crippen LogP contribution is 2.32. The molecule has 1 aromatic carbocycles. The van der Waals surface area contributed by atoms with Crippen molar-refractivity contribution < 1.29 is 9.90 Å². The van der Waals surface area contributed by atoms with Gasteiger partial charge in [0.15, 0.2) is 0 Å². The summed E-state index contributed by atoms with van der Waals surface area (Å²) in [6.07, 6.45) is -0.860. The summed E-state index contributed by atoms with van der Waals surface area (Å²) in [7, 11) is 0. The highest BCUT2D eigenvalue weighted by atomic mass is 16.3. The van der Waals surface area contributed by atoms with Gasteiger partial charge in [0.05, 0.1) is 11.5 Å². The Bertz CT molecular complexity index is 319. The van der Waals surface area contributed by atoms with Crippen LogP contribution in [0.4, 0.5) is 0 Å². The normalized spacial score (nSPS) is 13.6. The molecular formula is C11H15NO2. The number of aliphatic hydroxyl groups excluding tert-OH is 1. The third kappa shape index (κ3) is 1.93. The maximum Gasteiger partial charge on any atom is 0.226 e. The van der Waals surface area contributed by atoms with Crippen molar-refractivity contribution in [1.82, 2.24) is 0 Å². The molecule has 0 unspecified atom stereocenters. The third-order valence-electron chi connectivity index (χ3n) is 2.43. The van der Waals surface area contributed by atoms with Crippen molar-refractivity contribution in [2.24, 2.45) is 11.1 Å². The van der Waals surface area contributed by atoms with Crippen LogP contribution in [0.15, 0.2) is 30.3 Å². The summed E-state index contributed by atoms with van der Waals surface area (Å²) in [6, 6.07) is 9.03. The van der Waals surface area contributed by atoms with Gasteiger partial charge < -0.3 is 10.8 Å². The molecule has 0 saturated carbocycles. The van der Waals surface area contributed by atoms with Gasteiger partial charge in [-0.15, -0.1) is 0 Å². The van der Waals surface area contributed by atoms with E-state index in [1.54, 1.807) is 26.0 Å². The molecular weight excluding hydrogens is 178 g/mol. The lowest BCUT2D eigenvalue weighted by molar-refractivity contribution is -0.132. The molecule has 0 heterocycles. The number of aliphatic hydroxyl groups is 1. The average molecular weight is 193 g/mol. The van der Waals surface area contributed by atoms with Gasteiger partial charge in [0, 0.05) is 0 Å². The van der Waals surface area contributed by atoms with Gasteiger partial charge >= 0.3 is 0 Å². The molecule has 1 amide bonds. The van der Waals surface area contributed by atoms with Crippen LogP contribution in [-0.2, 0) is 4.79 Å². The Morgan fingerprint density at radius 1 is 1.36 bits per heavy atom. The maximum absolute atomic E-state index is 11.1. The predicted molar refractivity (Wildman–Crippen MR) is 54.4 cm³/mol. The quantitative estimate of drug-likeness (QED) is 0.758. The van der Waals surface area contributed by atoms with Crippen LogP contribution in [0.5, 0.6) is 0 Å². The summed E-state index contributed by atoms with van der Waals surface area (Å²) in [6.45, 7) is 3.26. The standard InChI is InChI=1S/C11H15NO2/c1-11(2,10(12)14)9(13)8-6-4-3-5-7-8/h3-7,9,13H,1-2H3,(H2,12,14)/t9-/m0/s1. The molecule has 0 aliphatic rings. The number of rotatable bonds is 3. The van der Waals surface area contributed by atoms with Gasteiger partial charge in [-0.2, -0.15) is 0 Å². The molecule has 76 valence electrons. The Kier molecular flexibility index (Phi) is 2.91. The topological polar surface area (TPSA) is 63.3 Å². The minimum atomic E-state index is -0.943. The minimum absolute atomic E-state index is 0.506. The molecule has 0 radical (unpaired) electrons. The molecule has 0 aromatic heterocycles. The van der Waals surface area contributed by atoms with Crippen LogP contribution >= 0.6 is 0 Å². The largest absolute Gasteiger partial charge is 0.387 e. The van der Waals surface area contributed by atoms with Gasteiger partial charge in [-0.3, -0.25) is 4.79 Å². The summed E-state index contributed by atoms with van der Waals surface area (Å²) in [5.74, 6) is -0.506. The maximum atomic E-state index is 11.1. The van der Waals surface area contributed by atoms with E-state index in [0.717, 1.165) is 0 Å². The van der Waals surface area contributed by atoms with E-state index in [4.69, 9.17) is 5.73 Å². The van der Waals surface area contributed by atoms with E-state index in [1.807, 2.05) is 18.2 Å². The zero-order valence-electron chi connectivity index (χ0n) is 8.40. The number of nitrogens with two attached hydrogens (primary N) is 1. The summed E-state index contributed by atoms with van der Waals surface area (Å²) in [5, 5.41) is 9.92. The molecule has 1 atom stereocenters. The fraction of sp³-hybridized carbons (Fsp3) is 0.364. The van der Waals surface area contributed by atoms with E-state index < -0.39 is 17.4 Å². The summed E-state index contributed by atoms with van der Waals surface area (Å²) < 4.78 is 0. The lowest BCUT2D eigenvalue weighted by Gasteiger charge is -2.27. The summed E-state index contributed by atoms with van der Waals surface area (Å²) in [4.78, 5) is 11.1. The van der Waals surface area contributed by atoms with E-state index in [0.29, 0.717) is 5.56 Å². The first kappa shape index (κ1) is 10.7. The highest BCUT2D eigenvalue weighted by molar-refractivity contribution is 5.80. The van der Waals surface area contributed by atoms with Gasteiger partial charge in [-0.1, -0.05) is 30.3 Å². The van der Waals surface area contributed by atoms with Gasteiger partial charge in [0.25, 0.3) is 0 Å². The van der Waals surface area contributed by atoms with Crippen LogP contribution in [0.1, 0.15) is 25.5 Å². The zero-order chi connectivity index (χ0) is 10.8. The van der Waals surface area contributed by atoms with Crippen LogP contribution in [0.2, 0.25) is 0 Å². The Hall–Kier alpha value is -1.35. The van der Waals surface area contributed by atoms with Crippen molar-refractivity contribution in [2.45, 2.75) is 20.0 Å². The first-order valence-electron chi connectivity index (χ1n) is 4.49. The molecule has 3 N–H and O–H groups in total. The van der Waals surface area contributed by atoms with Crippen molar-refractivity contribution in [2.75, 3.05) is 0 Å². The van der Waals surface area contributed by atoms with Gasteiger partial charge in [-0.25, -0.2) is 0 Å². The number of amides is 1. The molecule has 0 aliphatic heterocycles. The Balaban J connectivity index is 2.96. The highest BCUT2D eigenvalue weighted by Gasteiger charge is 2.34. The number of benzene rings is 1. The second-order valence-electron chi connectivity index (χ2n) is 3.90. The molecule has 0 fully saturated rings. The number of hydrogen-bond acceptors (Lipinski definition) is 2. The fourth-order valence-corrected chi connectivity index (χ4v) is 1.19. The van der Waals surface area contributed by atoms with Crippen LogP contribution in [0.25, 0.3) is 0 Å². The third-order valence-corrected chi connectivity index (χ3v) is 2.43. The van der Waals surface area contributed by atoms with Crippen LogP contribution in [0, 0.1) is 5.41 Å². The lowest BCUT2D eigenvalue weighted by atomic mass is 9.82. The number of primary amides is 1. The van der Waals surface area contributed by atoms with E-state index >= 15 is 0 Å². The van der Waals surface area contributed by atoms with Crippen LogP contribution < -0.4 is 5.73 Å². The van der Waals surface area contributed by atoms with Gasteiger partial charge in [0.1, 0.15) is 0 Å². The monoisotopic (exact) mass is 193 g/mol. The molecule has 0 saturated heterocycles. The number of carbonyl (C=O) groups is 1. The molecule has 0 spiro atoms. The lowest BCUT2D eigenvalue weighted by Crippen LogP contribution is -2.37. The average Bonchev–Trinajstić information content (AvgIpc) is 2.17. The van der Waals surface area contributed by atoms with Gasteiger partial charge in [0.2, 0.25) is 5.91 Å². The van der Waals surface area contributed by atoms with Crippen LogP contribution in [-0.4, -0.2) is 11.0 Å². The van der Waals surface area contributed by atoms with Crippen molar-refractivity contribution in [3.63, 3.8) is 0 Å². The van der Waals surface area contributed by atoms with Crippen molar-refractivity contribution >= 4 is 5.91 Å². The molecule has 0 aliphatic carbocycles. The predicted octanol–water partition coefficient (Wildman–Crippen LogP) is 1.23. The summed E-state index contributed by atoms with van der Waals surface area (Å²) in [5.41, 5.74) is 4.97. The Labute approximate surface area is 83.6 Å². The molecule has 3 nitrogen and oxygen atoms in total.